The van der Waals surface area contributed by atoms with E-state index in [1.54, 1.807) is 0 Å². The Balaban J connectivity index is 2.10. The molecule has 0 aromatic rings. The highest BCUT2D eigenvalue weighted by Gasteiger charge is 2.47. The zero-order chi connectivity index (χ0) is 7.35. The van der Waals surface area contributed by atoms with Gasteiger partial charge >= 0.3 is 0 Å². The van der Waals surface area contributed by atoms with E-state index < -0.39 is 10.2 Å². The summed E-state index contributed by atoms with van der Waals surface area (Å²) < 4.78 is 22.8. The van der Waals surface area contributed by atoms with Crippen LogP contribution in [0.3, 0.4) is 0 Å². The molecule has 10 heavy (non-hydrogen) atoms. The summed E-state index contributed by atoms with van der Waals surface area (Å²) in [5.74, 6) is 1.25. The molecule has 2 unspecified atom stereocenters. The maximum atomic E-state index is 10.7. The second kappa shape index (κ2) is 1.72. The Morgan fingerprint density at radius 2 is 1.80 bits per heavy atom. The maximum Gasteiger partial charge on any atom is 0.276 e. The van der Waals surface area contributed by atoms with Gasteiger partial charge in [0.05, 0.1) is 0 Å². The minimum atomic E-state index is -3.37. The average Bonchev–Trinajstić information content (AvgIpc) is 2.38. The van der Waals surface area contributed by atoms with Crippen molar-refractivity contribution in [2.75, 3.05) is 13.1 Å². The van der Waals surface area contributed by atoms with E-state index in [0.717, 1.165) is 0 Å². The minimum Gasteiger partial charge on any atom is -0.216 e. The van der Waals surface area contributed by atoms with Crippen molar-refractivity contribution in [3.63, 3.8) is 0 Å². The van der Waals surface area contributed by atoms with Crippen molar-refractivity contribution in [1.82, 2.24) is 4.31 Å². The monoisotopic (exact) mass is 162 g/mol. The van der Waals surface area contributed by atoms with Crippen LogP contribution < -0.4 is 5.14 Å². The molecule has 1 aliphatic heterocycles. The number of hydrogen-bond donors (Lipinski definition) is 1. The molecule has 2 aliphatic rings. The Bertz CT molecular complexity index is 238. The van der Waals surface area contributed by atoms with E-state index in [0.29, 0.717) is 24.9 Å². The fourth-order valence-electron chi connectivity index (χ4n) is 1.56. The molecule has 58 valence electrons. The third kappa shape index (κ3) is 0.941. The van der Waals surface area contributed by atoms with Crippen molar-refractivity contribution in [2.45, 2.75) is 6.42 Å². The Morgan fingerprint density at radius 3 is 2.10 bits per heavy atom. The molecule has 0 aromatic heterocycles. The van der Waals surface area contributed by atoms with Crippen molar-refractivity contribution in [3.8, 4) is 0 Å². The van der Waals surface area contributed by atoms with Gasteiger partial charge in [-0.3, -0.25) is 0 Å². The molecule has 4 nitrogen and oxygen atoms in total. The van der Waals surface area contributed by atoms with Gasteiger partial charge in [0.15, 0.2) is 0 Å². The van der Waals surface area contributed by atoms with Crippen LogP contribution in [0.4, 0.5) is 0 Å². The van der Waals surface area contributed by atoms with Crippen LogP contribution in [0.5, 0.6) is 0 Å². The van der Waals surface area contributed by atoms with Gasteiger partial charge in [0.2, 0.25) is 0 Å². The van der Waals surface area contributed by atoms with Crippen LogP contribution in [-0.4, -0.2) is 25.8 Å². The van der Waals surface area contributed by atoms with E-state index in [2.05, 4.69) is 0 Å². The number of nitrogens with zero attached hydrogens (tertiary/aromatic N) is 1. The Hall–Kier alpha value is -0.130. The first-order chi connectivity index (χ1) is 4.57. The summed E-state index contributed by atoms with van der Waals surface area (Å²) in [6.45, 7) is 1.31. The summed E-state index contributed by atoms with van der Waals surface area (Å²) in [6.07, 6.45) is 1.20. The quantitative estimate of drug-likeness (QED) is 0.545. The maximum absolute atomic E-state index is 10.7. The molecule has 2 rings (SSSR count). The largest absolute Gasteiger partial charge is 0.276 e. The Kier molecular flexibility index (Phi) is 1.13. The molecule has 0 radical (unpaired) electrons. The van der Waals surface area contributed by atoms with Gasteiger partial charge in [0.1, 0.15) is 0 Å². The summed E-state index contributed by atoms with van der Waals surface area (Å²) >= 11 is 0. The summed E-state index contributed by atoms with van der Waals surface area (Å²) in [7, 11) is -3.37. The first kappa shape index (κ1) is 6.57. The fraction of sp³-hybridized carbons (Fsp3) is 1.00. The van der Waals surface area contributed by atoms with Crippen LogP contribution in [0, 0.1) is 11.8 Å². The summed E-state index contributed by atoms with van der Waals surface area (Å²) in [4.78, 5) is 0. The van der Waals surface area contributed by atoms with Crippen molar-refractivity contribution in [2.24, 2.45) is 17.0 Å². The van der Waals surface area contributed by atoms with Gasteiger partial charge in [-0.15, -0.1) is 0 Å². The normalized spacial score (nSPS) is 39.7. The summed E-state index contributed by atoms with van der Waals surface area (Å²) in [5, 5.41) is 4.92. The predicted octanol–water partition coefficient (Wildman–Crippen LogP) is -0.858. The van der Waals surface area contributed by atoms with Gasteiger partial charge in [0.25, 0.3) is 10.2 Å². The third-order valence-electron chi connectivity index (χ3n) is 2.31. The van der Waals surface area contributed by atoms with E-state index in [9.17, 15) is 8.42 Å². The lowest BCUT2D eigenvalue weighted by Crippen LogP contribution is -2.35. The second-order valence-corrected chi connectivity index (χ2v) is 4.66. The highest BCUT2D eigenvalue weighted by Crippen LogP contribution is 2.45. The molecule has 1 aliphatic carbocycles. The first-order valence-corrected chi connectivity index (χ1v) is 4.85. The minimum absolute atomic E-state index is 0.623. The van der Waals surface area contributed by atoms with E-state index in [4.69, 9.17) is 5.14 Å². The highest BCUT2D eigenvalue weighted by atomic mass is 32.2. The topological polar surface area (TPSA) is 63.4 Å². The molecule has 1 saturated heterocycles. The molecule has 0 aromatic carbocycles. The molecule has 2 N–H and O–H groups in total. The highest BCUT2D eigenvalue weighted by molar-refractivity contribution is 7.86. The lowest BCUT2D eigenvalue weighted by molar-refractivity contribution is 0.444. The van der Waals surface area contributed by atoms with Crippen LogP contribution >= 0.6 is 0 Å². The average molecular weight is 162 g/mol. The molecule has 0 bridgehead atoms. The molecule has 2 atom stereocenters. The Morgan fingerprint density at radius 1 is 1.30 bits per heavy atom. The van der Waals surface area contributed by atoms with Crippen molar-refractivity contribution >= 4 is 10.2 Å². The van der Waals surface area contributed by atoms with Crippen molar-refractivity contribution < 1.29 is 8.42 Å². The lowest BCUT2D eigenvalue weighted by atomic mass is 10.4. The van der Waals surface area contributed by atoms with Crippen LogP contribution in [0.25, 0.3) is 0 Å². The van der Waals surface area contributed by atoms with Gasteiger partial charge in [0, 0.05) is 13.1 Å². The zero-order valence-electron chi connectivity index (χ0n) is 5.53. The van der Waals surface area contributed by atoms with Gasteiger partial charge in [-0.25, -0.2) is 5.14 Å². The third-order valence-corrected chi connectivity index (χ3v) is 3.32. The summed E-state index contributed by atoms with van der Waals surface area (Å²) in [6, 6.07) is 0. The second-order valence-electron chi connectivity index (χ2n) is 3.12. The molecular formula is C5H10N2O2S. The molecule has 1 saturated carbocycles. The van der Waals surface area contributed by atoms with Crippen molar-refractivity contribution in [1.29, 1.82) is 0 Å². The predicted molar refractivity (Wildman–Crippen MR) is 36.3 cm³/mol. The lowest BCUT2D eigenvalue weighted by Gasteiger charge is -2.12. The standard InChI is InChI=1S/C5H10N2O2S/c6-10(8,9)7-2-4-1-5(4)3-7/h4-5H,1-3H2,(H2,6,8,9). The number of hydrogen-bond acceptors (Lipinski definition) is 2. The molecule has 0 spiro atoms. The smallest absolute Gasteiger partial charge is 0.216 e. The van der Waals surface area contributed by atoms with Crippen LogP contribution in [0.2, 0.25) is 0 Å². The van der Waals surface area contributed by atoms with Crippen LogP contribution in [0.1, 0.15) is 6.42 Å². The number of piperidine rings is 1. The SMILES string of the molecule is NS(=O)(=O)N1CC2CC2C1. The van der Waals surface area contributed by atoms with Crippen LogP contribution in [-0.2, 0) is 10.2 Å². The van der Waals surface area contributed by atoms with Gasteiger partial charge in [-0.2, -0.15) is 12.7 Å². The van der Waals surface area contributed by atoms with E-state index >= 15 is 0 Å². The van der Waals surface area contributed by atoms with Gasteiger partial charge in [-0.05, 0) is 18.3 Å². The molecular weight excluding hydrogens is 152 g/mol. The van der Waals surface area contributed by atoms with E-state index in [1.807, 2.05) is 0 Å². The number of nitrogens with two attached hydrogens (primary N) is 1. The van der Waals surface area contributed by atoms with Gasteiger partial charge < -0.3 is 0 Å². The molecule has 5 heteroatoms. The Labute approximate surface area is 60.2 Å². The van der Waals surface area contributed by atoms with Crippen LogP contribution in [0.15, 0.2) is 0 Å². The summed E-state index contributed by atoms with van der Waals surface area (Å²) in [5.41, 5.74) is 0. The number of rotatable bonds is 1. The fourth-order valence-corrected chi connectivity index (χ4v) is 2.36. The van der Waals surface area contributed by atoms with Crippen molar-refractivity contribution in [3.05, 3.63) is 0 Å². The van der Waals surface area contributed by atoms with Gasteiger partial charge in [-0.1, -0.05) is 0 Å². The van der Waals surface area contributed by atoms with E-state index in [-0.39, 0.29) is 0 Å². The molecule has 0 amide bonds. The van der Waals surface area contributed by atoms with E-state index in [1.165, 1.54) is 10.7 Å². The first-order valence-electron chi connectivity index (χ1n) is 3.35. The molecule has 1 heterocycles. The molecule has 2 fully saturated rings. The number of fused-ring (bicyclic) bond motifs is 1. The zero-order valence-corrected chi connectivity index (χ0v) is 6.34.